The molecule has 2 heteroatoms. The molecule has 1 rings (SSSR count). The van der Waals surface area contributed by atoms with Gasteiger partial charge in [-0.15, -0.1) is 0 Å². The Morgan fingerprint density at radius 1 is 1.15 bits per heavy atom. The normalized spacial score (nSPS) is 21.0. The molecule has 0 radical (unpaired) electrons. The summed E-state index contributed by atoms with van der Waals surface area (Å²) in [5, 5.41) is 2.07. The van der Waals surface area contributed by atoms with Crippen molar-refractivity contribution in [1.29, 1.82) is 0 Å². The van der Waals surface area contributed by atoms with Crippen molar-refractivity contribution in [2.45, 2.75) is 58.9 Å². The molecule has 0 aromatic rings. The minimum Gasteiger partial charge on any atom is -0.269 e. The fourth-order valence-electron chi connectivity index (χ4n) is 2.09. The molecule has 0 aromatic heterocycles. The van der Waals surface area contributed by atoms with Crippen molar-refractivity contribution in [3.05, 3.63) is 0 Å². The molecule has 1 aliphatic carbocycles. The molecule has 2 N–H and O–H groups in total. The summed E-state index contributed by atoms with van der Waals surface area (Å²) in [4.78, 5) is 0. The van der Waals surface area contributed by atoms with Gasteiger partial charge in [-0.3, -0.25) is 5.84 Å². The van der Waals surface area contributed by atoms with E-state index in [9.17, 15) is 0 Å². The van der Waals surface area contributed by atoms with Crippen molar-refractivity contribution in [3.8, 4) is 0 Å². The zero-order valence-corrected chi connectivity index (χ0v) is 9.34. The van der Waals surface area contributed by atoms with Crippen LogP contribution >= 0.6 is 0 Å². The van der Waals surface area contributed by atoms with Crippen LogP contribution in [0.1, 0.15) is 52.9 Å². The summed E-state index contributed by atoms with van der Waals surface area (Å²) in [6.45, 7) is 7.75. The molecule has 0 unspecified atom stereocenters. The van der Waals surface area contributed by atoms with Crippen LogP contribution in [0.15, 0.2) is 0 Å². The Bertz CT molecular complexity index is 143. The molecule has 0 spiro atoms. The molecule has 1 fully saturated rings. The van der Waals surface area contributed by atoms with Gasteiger partial charge in [-0.1, -0.05) is 40.0 Å². The molecule has 0 heterocycles. The Labute approximate surface area is 82.5 Å². The van der Waals surface area contributed by atoms with Crippen LogP contribution in [0.25, 0.3) is 0 Å². The van der Waals surface area contributed by atoms with Gasteiger partial charge in [0, 0.05) is 12.6 Å². The van der Waals surface area contributed by atoms with Gasteiger partial charge in [0.1, 0.15) is 0 Å². The third kappa shape index (κ3) is 4.10. The lowest BCUT2D eigenvalue weighted by Gasteiger charge is -2.34. The molecule has 0 amide bonds. The summed E-state index contributed by atoms with van der Waals surface area (Å²) in [5.41, 5.74) is 0.326. The standard InChI is InChI=1S/C11H24N2/c1-11(2,3)9-13(12)10-7-5-4-6-8-10/h10H,4-9,12H2,1-3H3. The summed E-state index contributed by atoms with van der Waals surface area (Å²) in [7, 11) is 0. The molecule has 0 atom stereocenters. The van der Waals surface area contributed by atoms with Crippen molar-refractivity contribution in [1.82, 2.24) is 5.01 Å². The van der Waals surface area contributed by atoms with Crippen LogP contribution in [-0.2, 0) is 0 Å². The van der Waals surface area contributed by atoms with E-state index in [-0.39, 0.29) is 0 Å². The quantitative estimate of drug-likeness (QED) is 0.528. The van der Waals surface area contributed by atoms with E-state index in [1.807, 2.05) is 0 Å². The van der Waals surface area contributed by atoms with Crippen molar-refractivity contribution in [2.75, 3.05) is 6.54 Å². The molecule has 0 aromatic carbocycles. The molecular formula is C11H24N2. The Hall–Kier alpha value is -0.0800. The fourth-order valence-corrected chi connectivity index (χ4v) is 2.09. The third-order valence-electron chi connectivity index (χ3n) is 2.70. The Kier molecular flexibility index (Phi) is 3.74. The maximum Gasteiger partial charge on any atom is 0.0241 e. The zero-order chi connectivity index (χ0) is 9.90. The molecule has 1 aliphatic rings. The molecule has 13 heavy (non-hydrogen) atoms. The number of nitrogens with two attached hydrogens (primary N) is 1. The minimum absolute atomic E-state index is 0.326. The first kappa shape index (κ1) is 11.0. The summed E-state index contributed by atoms with van der Waals surface area (Å²) in [5.74, 6) is 6.07. The van der Waals surface area contributed by atoms with Crippen molar-refractivity contribution >= 4 is 0 Å². The second-order valence-electron chi connectivity index (χ2n) is 5.52. The summed E-state index contributed by atoms with van der Waals surface area (Å²) in [6, 6.07) is 0.646. The highest BCUT2D eigenvalue weighted by molar-refractivity contribution is 4.75. The highest BCUT2D eigenvalue weighted by Crippen LogP contribution is 2.23. The monoisotopic (exact) mass is 184 g/mol. The molecule has 0 bridgehead atoms. The van der Waals surface area contributed by atoms with Gasteiger partial charge < -0.3 is 0 Å². The molecule has 78 valence electrons. The molecule has 0 aliphatic heterocycles. The first-order chi connectivity index (χ1) is 5.99. The molecule has 2 nitrogen and oxygen atoms in total. The largest absolute Gasteiger partial charge is 0.269 e. The average Bonchev–Trinajstić information content (AvgIpc) is 2.03. The van der Waals surface area contributed by atoms with E-state index in [0.717, 1.165) is 6.54 Å². The Morgan fingerprint density at radius 3 is 2.15 bits per heavy atom. The summed E-state index contributed by atoms with van der Waals surface area (Å²) >= 11 is 0. The van der Waals surface area contributed by atoms with Crippen LogP contribution in [0.3, 0.4) is 0 Å². The number of nitrogens with zero attached hydrogens (tertiary/aromatic N) is 1. The Morgan fingerprint density at radius 2 is 1.69 bits per heavy atom. The number of hydrogen-bond acceptors (Lipinski definition) is 2. The van der Waals surface area contributed by atoms with Crippen LogP contribution in [0.2, 0.25) is 0 Å². The van der Waals surface area contributed by atoms with Gasteiger partial charge in [0.15, 0.2) is 0 Å². The maximum atomic E-state index is 6.07. The van der Waals surface area contributed by atoms with Crippen LogP contribution in [0.4, 0.5) is 0 Å². The second kappa shape index (κ2) is 4.43. The summed E-state index contributed by atoms with van der Waals surface area (Å²) in [6.07, 6.45) is 6.73. The smallest absolute Gasteiger partial charge is 0.0241 e. The zero-order valence-electron chi connectivity index (χ0n) is 9.34. The van der Waals surface area contributed by atoms with Gasteiger partial charge in [0.05, 0.1) is 0 Å². The van der Waals surface area contributed by atoms with E-state index in [4.69, 9.17) is 5.84 Å². The first-order valence-corrected chi connectivity index (χ1v) is 5.50. The van der Waals surface area contributed by atoms with Crippen molar-refractivity contribution < 1.29 is 0 Å². The highest BCUT2D eigenvalue weighted by Gasteiger charge is 2.22. The predicted molar refractivity (Wildman–Crippen MR) is 57.2 cm³/mol. The SMILES string of the molecule is CC(C)(C)CN(N)C1CCCCC1. The van der Waals surface area contributed by atoms with E-state index >= 15 is 0 Å². The molecular weight excluding hydrogens is 160 g/mol. The van der Waals surface area contributed by atoms with Crippen molar-refractivity contribution in [3.63, 3.8) is 0 Å². The van der Waals surface area contributed by atoms with Gasteiger partial charge in [0.2, 0.25) is 0 Å². The topological polar surface area (TPSA) is 29.3 Å². The van der Waals surface area contributed by atoms with Gasteiger partial charge in [-0.2, -0.15) is 0 Å². The van der Waals surface area contributed by atoms with E-state index in [2.05, 4.69) is 25.8 Å². The van der Waals surface area contributed by atoms with E-state index in [0.29, 0.717) is 11.5 Å². The van der Waals surface area contributed by atoms with Gasteiger partial charge in [-0.05, 0) is 18.3 Å². The van der Waals surface area contributed by atoms with Crippen LogP contribution in [-0.4, -0.2) is 17.6 Å². The number of hydrogen-bond donors (Lipinski definition) is 1. The number of rotatable bonds is 2. The van der Waals surface area contributed by atoms with Crippen LogP contribution < -0.4 is 5.84 Å². The summed E-state index contributed by atoms with van der Waals surface area (Å²) < 4.78 is 0. The molecule has 0 saturated heterocycles. The highest BCUT2D eigenvalue weighted by atomic mass is 15.4. The molecule has 1 saturated carbocycles. The van der Waals surface area contributed by atoms with Crippen molar-refractivity contribution in [2.24, 2.45) is 11.3 Å². The van der Waals surface area contributed by atoms with E-state index in [1.54, 1.807) is 0 Å². The fraction of sp³-hybridized carbons (Fsp3) is 1.00. The maximum absolute atomic E-state index is 6.07. The van der Waals surface area contributed by atoms with Gasteiger partial charge in [-0.25, -0.2) is 5.01 Å². The van der Waals surface area contributed by atoms with Crippen LogP contribution in [0, 0.1) is 5.41 Å². The Balaban J connectivity index is 2.33. The lowest BCUT2D eigenvalue weighted by Crippen LogP contribution is -2.46. The second-order valence-corrected chi connectivity index (χ2v) is 5.52. The third-order valence-corrected chi connectivity index (χ3v) is 2.70. The lowest BCUT2D eigenvalue weighted by molar-refractivity contribution is 0.112. The van der Waals surface area contributed by atoms with Gasteiger partial charge in [0.25, 0.3) is 0 Å². The average molecular weight is 184 g/mol. The van der Waals surface area contributed by atoms with E-state index in [1.165, 1.54) is 32.1 Å². The van der Waals surface area contributed by atoms with E-state index < -0.39 is 0 Å². The first-order valence-electron chi connectivity index (χ1n) is 5.50. The van der Waals surface area contributed by atoms with Gasteiger partial charge >= 0.3 is 0 Å². The lowest BCUT2D eigenvalue weighted by atomic mass is 9.92. The predicted octanol–water partition coefficient (Wildman–Crippen LogP) is 2.54. The minimum atomic E-state index is 0.326. The van der Waals surface area contributed by atoms with Crippen LogP contribution in [0.5, 0.6) is 0 Å². The number of hydrazine groups is 1.